The van der Waals surface area contributed by atoms with Crippen molar-refractivity contribution < 1.29 is 4.74 Å². The van der Waals surface area contributed by atoms with Crippen LogP contribution in [0.5, 0.6) is 0 Å². The molecular weight excluding hydrogens is 336 g/mol. The predicted molar refractivity (Wildman–Crippen MR) is 89.6 cm³/mol. The van der Waals surface area contributed by atoms with Gasteiger partial charge in [-0.05, 0) is 54.9 Å². The number of morpholine rings is 1. The molecule has 2 atom stereocenters. The summed E-state index contributed by atoms with van der Waals surface area (Å²) in [6.07, 6.45) is 1.33. The fourth-order valence-electron chi connectivity index (χ4n) is 2.68. The van der Waals surface area contributed by atoms with E-state index in [1.807, 2.05) is 11.3 Å². The van der Waals surface area contributed by atoms with Crippen molar-refractivity contribution in [3.8, 4) is 0 Å². The van der Waals surface area contributed by atoms with Crippen LogP contribution >= 0.6 is 27.3 Å². The van der Waals surface area contributed by atoms with Gasteiger partial charge in [0.05, 0.1) is 16.5 Å². The number of hydrogen-bond donors (Lipinski definition) is 1. The SMILES string of the molecule is CCNC(Cc1ccc(Br)s1)C1CN(C(C)C)CCO1. The van der Waals surface area contributed by atoms with Gasteiger partial charge in [0.15, 0.2) is 0 Å². The van der Waals surface area contributed by atoms with Crippen LogP contribution in [0.1, 0.15) is 25.6 Å². The van der Waals surface area contributed by atoms with Crippen LogP contribution in [-0.4, -0.2) is 49.3 Å². The van der Waals surface area contributed by atoms with E-state index in [0.717, 1.165) is 32.7 Å². The lowest BCUT2D eigenvalue weighted by Crippen LogP contribution is -2.54. The third kappa shape index (κ3) is 4.53. The number of halogens is 1. The zero-order valence-corrected chi connectivity index (χ0v) is 15.0. The lowest BCUT2D eigenvalue weighted by Gasteiger charge is -2.39. The Morgan fingerprint density at radius 3 is 2.90 bits per heavy atom. The molecule has 2 unspecified atom stereocenters. The molecule has 2 heterocycles. The minimum Gasteiger partial charge on any atom is -0.374 e. The molecule has 0 aliphatic carbocycles. The van der Waals surface area contributed by atoms with Crippen molar-refractivity contribution in [1.82, 2.24) is 10.2 Å². The number of likely N-dealkylation sites (N-methyl/N-ethyl adjacent to an activating group) is 1. The zero-order chi connectivity index (χ0) is 14.5. The summed E-state index contributed by atoms with van der Waals surface area (Å²) >= 11 is 5.36. The Hall–Kier alpha value is 0.0600. The third-order valence-corrected chi connectivity index (χ3v) is 5.47. The molecule has 5 heteroatoms. The summed E-state index contributed by atoms with van der Waals surface area (Å²) in [5.74, 6) is 0. The smallest absolute Gasteiger partial charge is 0.0858 e. The van der Waals surface area contributed by atoms with Gasteiger partial charge in [-0.3, -0.25) is 4.90 Å². The first-order valence-corrected chi connectivity index (χ1v) is 9.04. The van der Waals surface area contributed by atoms with Crippen molar-refractivity contribution in [1.29, 1.82) is 0 Å². The first kappa shape index (κ1) is 16.4. The average Bonchev–Trinajstić information content (AvgIpc) is 2.84. The molecule has 0 spiro atoms. The second-order valence-electron chi connectivity index (χ2n) is 5.57. The second-order valence-corrected chi connectivity index (χ2v) is 8.12. The summed E-state index contributed by atoms with van der Waals surface area (Å²) in [4.78, 5) is 3.93. The number of thiophene rings is 1. The first-order valence-electron chi connectivity index (χ1n) is 7.43. The van der Waals surface area contributed by atoms with Gasteiger partial charge < -0.3 is 10.1 Å². The molecule has 114 valence electrons. The van der Waals surface area contributed by atoms with Crippen LogP contribution in [0.3, 0.4) is 0 Å². The van der Waals surface area contributed by atoms with E-state index in [1.165, 1.54) is 8.66 Å². The number of ether oxygens (including phenoxy) is 1. The molecule has 1 aromatic heterocycles. The van der Waals surface area contributed by atoms with E-state index in [0.29, 0.717) is 12.1 Å². The van der Waals surface area contributed by atoms with Gasteiger partial charge in [0.1, 0.15) is 0 Å². The van der Waals surface area contributed by atoms with Gasteiger partial charge in [-0.2, -0.15) is 0 Å². The molecule has 2 rings (SSSR count). The van der Waals surface area contributed by atoms with Crippen LogP contribution in [-0.2, 0) is 11.2 Å². The molecule has 0 saturated carbocycles. The Kier molecular flexibility index (Phi) is 6.49. The lowest BCUT2D eigenvalue weighted by molar-refractivity contribution is -0.0549. The van der Waals surface area contributed by atoms with Gasteiger partial charge in [0.2, 0.25) is 0 Å². The van der Waals surface area contributed by atoms with Gasteiger partial charge in [-0.1, -0.05) is 6.92 Å². The maximum Gasteiger partial charge on any atom is 0.0858 e. The second kappa shape index (κ2) is 7.90. The van der Waals surface area contributed by atoms with Crippen LogP contribution in [0.25, 0.3) is 0 Å². The maximum atomic E-state index is 6.04. The summed E-state index contributed by atoms with van der Waals surface area (Å²) in [6.45, 7) is 10.6. The summed E-state index contributed by atoms with van der Waals surface area (Å²) in [5.41, 5.74) is 0. The minimum atomic E-state index is 0.284. The fourth-order valence-corrected chi connectivity index (χ4v) is 4.23. The Balaban J connectivity index is 1.99. The molecule has 1 saturated heterocycles. The number of nitrogens with zero attached hydrogens (tertiary/aromatic N) is 1. The van der Waals surface area contributed by atoms with Crippen LogP contribution in [0.2, 0.25) is 0 Å². The van der Waals surface area contributed by atoms with Crippen LogP contribution < -0.4 is 5.32 Å². The molecule has 0 amide bonds. The van der Waals surface area contributed by atoms with E-state index in [2.05, 4.69) is 59.1 Å². The van der Waals surface area contributed by atoms with E-state index >= 15 is 0 Å². The highest BCUT2D eigenvalue weighted by Gasteiger charge is 2.29. The molecule has 3 nitrogen and oxygen atoms in total. The van der Waals surface area contributed by atoms with Gasteiger partial charge in [0.25, 0.3) is 0 Å². The monoisotopic (exact) mass is 360 g/mol. The first-order chi connectivity index (χ1) is 9.60. The number of hydrogen-bond acceptors (Lipinski definition) is 4. The van der Waals surface area contributed by atoms with Crippen molar-refractivity contribution in [3.05, 3.63) is 20.8 Å². The summed E-state index contributed by atoms with van der Waals surface area (Å²) in [6, 6.07) is 5.33. The molecule has 1 N–H and O–H groups in total. The van der Waals surface area contributed by atoms with E-state index in [4.69, 9.17) is 4.74 Å². The molecule has 1 fully saturated rings. The van der Waals surface area contributed by atoms with Crippen molar-refractivity contribution >= 4 is 27.3 Å². The van der Waals surface area contributed by atoms with Crippen molar-refractivity contribution in [2.24, 2.45) is 0 Å². The molecule has 0 radical (unpaired) electrons. The summed E-state index contributed by atoms with van der Waals surface area (Å²) in [5, 5.41) is 3.61. The van der Waals surface area contributed by atoms with Crippen molar-refractivity contribution in [2.45, 2.75) is 45.4 Å². The third-order valence-electron chi connectivity index (χ3n) is 3.82. The largest absolute Gasteiger partial charge is 0.374 e. The summed E-state index contributed by atoms with van der Waals surface area (Å²) in [7, 11) is 0. The Bertz CT molecular complexity index is 410. The van der Waals surface area contributed by atoms with Crippen LogP contribution in [0.15, 0.2) is 15.9 Å². The molecule has 0 bridgehead atoms. The maximum absolute atomic E-state index is 6.04. The van der Waals surface area contributed by atoms with Crippen molar-refractivity contribution in [2.75, 3.05) is 26.2 Å². The fraction of sp³-hybridized carbons (Fsp3) is 0.733. The van der Waals surface area contributed by atoms with Crippen LogP contribution in [0, 0.1) is 0 Å². The van der Waals surface area contributed by atoms with Gasteiger partial charge in [-0.15, -0.1) is 11.3 Å². The molecule has 0 aromatic carbocycles. The van der Waals surface area contributed by atoms with E-state index in [9.17, 15) is 0 Å². The van der Waals surface area contributed by atoms with E-state index in [-0.39, 0.29) is 6.10 Å². The minimum absolute atomic E-state index is 0.284. The number of nitrogens with one attached hydrogen (secondary N) is 1. The van der Waals surface area contributed by atoms with Crippen LogP contribution in [0.4, 0.5) is 0 Å². The Labute approximate surface area is 134 Å². The average molecular weight is 361 g/mol. The van der Waals surface area contributed by atoms with Gasteiger partial charge >= 0.3 is 0 Å². The molecule has 1 aromatic rings. The van der Waals surface area contributed by atoms with E-state index < -0.39 is 0 Å². The predicted octanol–water partition coefficient (Wildman–Crippen LogP) is 3.14. The topological polar surface area (TPSA) is 24.5 Å². The van der Waals surface area contributed by atoms with Crippen molar-refractivity contribution in [3.63, 3.8) is 0 Å². The molecule has 1 aliphatic heterocycles. The Morgan fingerprint density at radius 1 is 1.50 bits per heavy atom. The molecular formula is C15H25BrN2OS. The molecule has 1 aliphatic rings. The quantitative estimate of drug-likeness (QED) is 0.843. The number of rotatable bonds is 6. The lowest BCUT2D eigenvalue weighted by atomic mass is 10.0. The summed E-state index contributed by atoms with van der Waals surface area (Å²) < 4.78 is 7.25. The molecule has 20 heavy (non-hydrogen) atoms. The van der Waals surface area contributed by atoms with Gasteiger partial charge in [0, 0.05) is 30.1 Å². The standard InChI is InChI=1S/C15H25BrN2OS/c1-4-17-13(9-12-5-6-15(16)20-12)14-10-18(11(2)3)7-8-19-14/h5-6,11,13-14,17H,4,7-10H2,1-3H3. The highest BCUT2D eigenvalue weighted by atomic mass is 79.9. The van der Waals surface area contributed by atoms with E-state index in [1.54, 1.807) is 0 Å². The Morgan fingerprint density at radius 2 is 2.30 bits per heavy atom. The zero-order valence-electron chi connectivity index (χ0n) is 12.6. The highest BCUT2D eigenvalue weighted by Crippen LogP contribution is 2.24. The highest BCUT2D eigenvalue weighted by molar-refractivity contribution is 9.11. The normalized spacial score (nSPS) is 22.4. The van der Waals surface area contributed by atoms with Gasteiger partial charge in [-0.25, -0.2) is 0 Å².